The summed E-state index contributed by atoms with van der Waals surface area (Å²) in [4.78, 5) is 15.7. The summed E-state index contributed by atoms with van der Waals surface area (Å²) in [6.45, 7) is 1.02. The highest BCUT2D eigenvalue weighted by atomic mass is 16.3. The standard InChI is InChI=1S/C13H24N2O2/c1-14(2)13(17)4-3-7-15-10-5-6-11(15)9-12(16)8-10/h10-12,16H,3-9H2,1-2H3. The number of fused-ring (bicyclic) bond motifs is 2. The lowest BCUT2D eigenvalue weighted by atomic mass is 9.99. The van der Waals surface area contributed by atoms with Crippen LogP contribution < -0.4 is 0 Å². The fourth-order valence-corrected chi connectivity index (χ4v) is 3.25. The maximum Gasteiger partial charge on any atom is 0.222 e. The minimum atomic E-state index is -0.0906. The Morgan fingerprint density at radius 2 is 1.88 bits per heavy atom. The zero-order chi connectivity index (χ0) is 12.4. The van der Waals surface area contributed by atoms with E-state index in [0.717, 1.165) is 25.8 Å². The average Bonchev–Trinajstić information content (AvgIpc) is 2.51. The first-order valence-corrected chi connectivity index (χ1v) is 6.72. The Hall–Kier alpha value is -0.610. The molecule has 2 atom stereocenters. The molecule has 0 spiro atoms. The van der Waals surface area contributed by atoms with Gasteiger partial charge >= 0.3 is 0 Å². The van der Waals surface area contributed by atoms with Gasteiger partial charge in [0, 0.05) is 32.6 Å². The third-order valence-electron chi connectivity index (χ3n) is 4.17. The molecular weight excluding hydrogens is 216 g/mol. The number of aliphatic hydroxyl groups is 1. The fourth-order valence-electron chi connectivity index (χ4n) is 3.25. The molecule has 4 nitrogen and oxygen atoms in total. The van der Waals surface area contributed by atoms with Crippen molar-refractivity contribution in [1.82, 2.24) is 9.80 Å². The second-order valence-corrected chi connectivity index (χ2v) is 5.64. The summed E-state index contributed by atoms with van der Waals surface area (Å²) in [6.07, 6.45) is 5.81. The summed E-state index contributed by atoms with van der Waals surface area (Å²) >= 11 is 0. The van der Waals surface area contributed by atoms with Crippen molar-refractivity contribution in [2.75, 3.05) is 20.6 Å². The Kier molecular flexibility index (Phi) is 4.05. The van der Waals surface area contributed by atoms with Gasteiger partial charge in [0.2, 0.25) is 5.91 Å². The van der Waals surface area contributed by atoms with Crippen LogP contribution in [0.25, 0.3) is 0 Å². The van der Waals surface area contributed by atoms with Crippen molar-refractivity contribution in [3.63, 3.8) is 0 Å². The van der Waals surface area contributed by atoms with Gasteiger partial charge in [-0.3, -0.25) is 9.69 Å². The van der Waals surface area contributed by atoms with Gasteiger partial charge in [0.15, 0.2) is 0 Å². The molecule has 0 aromatic rings. The molecule has 2 fully saturated rings. The molecule has 1 amide bonds. The van der Waals surface area contributed by atoms with Crippen LogP contribution in [0, 0.1) is 0 Å². The maximum atomic E-state index is 11.5. The number of nitrogens with zero attached hydrogens (tertiary/aromatic N) is 2. The van der Waals surface area contributed by atoms with E-state index in [0.29, 0.717) is 18.5 Å². The molecule has 1 N–H and O–H groups in total. The predicted octanol–water partition coefficient (Wildman–Crippen LogP) is 0.842. The Bertz CT molecular complexity index is 267. The number of aliphatic hydroxyl groups excluding tert-OH is 1. The molecule has 2 aliphatic heterocycles. The number of hydrogen-bond acceptors (Lipinski definition) is 3. The lowest BCUT2D eigenvalue weighted by Crippen LogP contribution is -2.45. The number of piperidine rings is 1. The minimum Gasteiger partial charge on any atom is -0.393 e. The first-order valence-electron chi connectivity index (χ1n) is 6.72. The van der Waals surface area contributed by atoms with E-state index in [1.54, 1.807) is 4.90 Å². The highest BCUT2D eigenvalue weighted by Crippen LogP contribution is 2.35. The van der Waals surface area contributed by atoms with Gasteiger partial charge in [0.1, 0.15) is 0 Å². The zero-order valence-electron chi connectivity index (χ0n) is 10.9. The van der Waals surface area contributed by atoms with Crippen molar-refractivity contribution in [3.05, 3.63) is 0 Å². The third-order valence-corrected chi connectivity index (χ3v) is 4.17. The number of carbonyl (C=O) groups is 1. The highest BCUT2D eigenvalue weighted by molar-refractivity contribution is 5.75. The van der Waals surface area contributed by atoms with E-state index in [9.17, 15) is 9.90 Å². The largest absolute Gasteiger partial charge is 0.393 e. The van der Waals surface area contributed by atoms with Gasteiger partial charge in [-0.05, 0) is 38.6 Å². The van der Waals surface area contributed by atoms with Gasteiger partial charge in [-0.15, -0.1) is 0 Å². The van der Waals surface area contributed by atoms with Crippen LogP contribution in [0.1, 0.15) is 38.5 Å². The average molecular weight is 240 g/mol. The number of carbonyl (C=O) groups excluding carboxylic acids is 1. The lowest BCUT2D eigenvalue weighted by molar-refractivity contribution is -0.128. The van der Waals surface area contributed by atoms with Crippen LogP contribution in [0.3, 0.4) is 0 Å². The molecule has 98 valence electrons. The monoisotopic (exact) mass is 240 g/mol. The molecular formula is C13H24N2O2. The van der Waals surface area contributed by atoms with Gasteiger partial charge in [0.05, 0.1) is 6.10 Å². The zero-order valence-corrected chi connectivity index (χ0v) is 10.9. The third kappa shape index (κ3) is 2.99. The molecule has 2 rings (SSSR count). The number of hydrogen-bond donors (Lipinski definition) is 1. The number of rotatable bonds is 4. The summed E-state index contributed by atoms with van der Waals surface area (Å²) in [7, 11) is 3.62. The molecule has 0 aromatic carbocycles. The second kappa shape index (κ2) is 5.36. The summed E-state index contributed by atoms with van der Waals surface area (Å²) < 4.78 is 0. The molecule has 4 heteroatoms. The van der Waals surface area contributed by atoms with Crippen LogP contribution in [-0.4, -0.2) is 59.6 Å². The molecule has 0 aromatic heterocycles. The van der Waals surface area contributed by atoms with Gasteiger partial charge in [-0.1, -0.05) is 0 Å². The molecule has 0 aliphatic carbocycles. The minimum absolute atomic E-state index is 0.0906. The molecule has 2 saturated heterocycles. The van der Waals surface area contributed by atoms with Gasteiger partial charge in [-0.2, -0.15) is 0 Å². The van der Waals surface area contributed by atoms with E-state index in [-0.39, 0.29) is 12.0 Å². The molecule has 2 unspecified atom stereocenters. The normalized spacial score (nSPS) is 32.8. The van der Waals surface area contributed by atoms with E-state index < -0.39 is 0 Å². The van der Waals surface area contributed by atoms with E-state index >= 15 is 0 Å². The molecule has 17 heavy (non-hydrogen) atoms. The summed E-state index contributed by atoms with van der Waals surface area (Å²) in [5.74, 6) is 0.217. The molecule has 2 heterocycles. The summed E-state index contributed by atoms with van der Waals surface area (Å²) in [6, 6.07) is 1.14. The van der Waals surface area contributed by atoms with Crippen molar-refractivity contribution < 1.29 is 9.90 Å². The van der Waals surface area contributed by atoms with Crippen molar-refractivity contribution >= 4 is 5.91 Å². The first kappa shape index (κ1) is 12.8. The van der Waals surface area contributed by atoms with Crippen LogP contribution >= 0.6 is 0 Å². The highest BCUT2D eigenvalue weighted by Gasteiger charge is 2.39. The van der Waals surface area contributed by atoms with Crippen molar-refractivity contribution in [2.45, 2.75) is 56.7 Å². The van der Waals surface area contributed by atoms with Crippen LogP contribution in [0.15, 0.2) is 0 Å². The van der Waals surface area contributed by atoms with E-state index in [2.05, 4.69) is 4.90 Å². The smallest absolute Gasteiger partial charge is 0.222 e. The molecule has 0 saturated carbocycles. The summed E-state index contributed by atoms with van der Waals surface area (Å²) in [5, 5.41) is 9.71. The molecule has 2 bridgehead atoms. The van der Waals surface area contributed by atoms with Crippen LogP contribution in [-0.2, 0) is 4.79 Å². The van der Waals surface area contributed by atoms with E-state index in [1.165, 1.54) is 12.8 Å². The molecule has 2 aliphatic rings. The van der Waals surface area contributed by atoms with Crippen LogP contribution in [0.5, 0.6) is 0 Å². The SMILES string of the molecule is CN(C)C(=O)CCCN1C2CCC1CC(O)C2. The fraction of sp³-hybridized carbons (Fsp3) is 0.923. The van der Waals surface area contributed by atoms with Crippen LogP contribution in [0.2, 0.25) is 0 Å². The Balaban J connectivity index is 1.75. The number of amides is 1. The quantitative estimate of drug-likeness (QED) is 0.792. The second-order valence-electron chi connectivity index (χ2n) is 5.64. The first-order chi connectivity index (χ1) is 8.08. The van der Waals surface area contributed by atoms with Crippen molar-refractivity contribution in [3.8, 4) is 0 Å². The maximum absolute atomic E-state index is 11.5. The van der Waals surface area contributed by atoms with E-state index in [1.807, 2.05) is 14.1 Å². The lowest BCUT2D eigenvalue weighted by Gasteiger charge is -2.37. The predicted molar refractivity (Wildman–Crippen MR) is 66.7 cm³/mol. The van der Waals surface area contributed by atoms with E-state index in [4.69, 9.17) is 0 Å². The Morgan fingerprint density at radius 1 is 1.29 bits per heavy atom. The van der Waals surface area contributed by atoms with Gasteiger partial charge in [0.25, 0.3) is 0 Å². The topological polar surface area (TPSA) is 43.8 Å². The van der Waals surface area contributed by atoms with Crippen molar-refractivity contribution in [1.29, 1.82) is 0 Å². The Morgan fingerprint density at radius 3 is 2.41 bits per heavy atom. The van der Waals surface area contributed by atoms with Crippen LogP contribution in [0.4, 0.5) is 0 Å². The van der Waals surface area contributed by atoms with Crippen molar-refractivity contribution in [2.24, 2.45) is 0 Å². The van der Waals surface area contributed by atoms with Gasteiger partial charge < -0.3 is 10.0 Å². The van der Waals surface area contributed by atoms with Gasteiger partial charge in [-0.25, -0.2) is 0 Å². The summed E-state index contributed by atoms with van der Waals surface area (Å²) in [5.41, 5.74) is 0. The Labute approximate surface area is 104 Å². The molecule has 0 radical (unpaired) electrons.